The van der Waals surface area contributed by atoms with Crippen molar-refractivity contribution in [2.45, 2.75) is 13.0 Å². The third kappa shape index (κ3) is 4.32. The van der Waals surface area contributed by atoms with Crippen molar-refractivity contribution in [1.82, 2.24) is 24.6 Å². The van der Waals surface area contributed by atoms with Crippen LogP contribution in [-0.2, 0) is 13.6 Å². The van der Waals surface area contributed by atoms with Gasteiger partial charge in [-0.2, -0.15) is 5.10 Å². The van der Waals surface area contributed by atoms with Gasteiger partial charge in [-0.05, 0) is 31.0 Å². The predicted octanol–water partition coefficient (Wildman–Crippen LogP) is 1.80. The van der Waals surface area contributed by atoms with Crippen LogP contribution in [0.3, 0.4) is 0 Å². The fourth-order valence-electron chi connectivity index (χ4n) is 3.16. The number of likely N-dealkylation sites (tertiary alicyclic amines) is 1. The van der Waals surface area contributed by atoms with Gasteiger partial charge in [0.25, 0.3) is 0 Å². The van der Waals surface area contributed by atoms with Gasteiger partial charge in [0.2, 0.25) is 0 Å². The zero-order valence-electron chi connectivity index (χ0n) is 14.2. The Balaban J connectivity index is 1.45. The van der Waals surface area contributed by atoms with Gasteiger partial charge >= 0.3 is 6.03 Å². The van der Waals surface area contributed by atoms with Crippen molar-refractivity contribution in [3.8, 4) is 0 Å². The lowest BCUT2D eigenvalue weighted by molar-refractivity contribution is 0.216. The van der Waals surface area contributed by atoms with E-state index in [0.29, 0.717) is 5.92 Å². The van der Waals surface area contributed by atoms with Crippen molar-refractivity contribution in [3.63, 3.8) is 0 Å². The van der Waals surface area contributed by atoms with Crippen molar-refractivity contribution in [1.29, 1.82) is 0 Å². The highest BCUT2D eigenvalue weighted by Gasteiger charge is 2.27. The van der Waals surface area contributed by atoms with E-state index in [1.165, 1.54) is 5.56 Å². The second-order valence-electron chi connectivity index (χ2n) is 6.49. The minimum Gasteiger partial charge on any atom is -0.324 e. The first-order valence-electron chi connectivity index (χ1n) is 8.22. The lowest BCUT2D eigenvalue weighted by Gasteiger charge is -2.21. The van der Waals surface area contributed by atoms with E-state index < -0.39 is 0 Å². The lowest BCUT2D eigenvalue weighted by Crippen LogP contribution is -2.34. The van der Waals surface area contributed by atoms with E-state index in [2.05, 4.69) is 33.4 Å². The van der Waals surface area contributed by atoms with Crippen molar-refractivity contribution < 1.29 is 4.79 Å². The van der Waals surface area contributed by atoms with Gasteiger partial charge in [0.05, 0.1) is 11.9 Å². The van der Waals surface area contributed by atoms with E-state index in [4.69, 9.17) is 0 Å². The van der Waals surface area contributed by atoms with Crippen LogP contribution < -0.4 is 5.32 Å². The van der Waals surface area contributed by atoms with Crippen LogP contribution in [0.4, 0.5) is 10.5 Å². The highest BCUT2D eigenvalue weighted by Crippen LogP contribution is 2.19. The smallest absolute Gasteiger partial charge is 0.321 e. The maximum Gasteiger partial charge on any atom is 0.321 e. The quantitative estimate of drug-likeness (QED) is 0.909. The number of nitrogens with one attached hydrogen (secondary N) is 1. The molecule has 0 radical (unpaired) electrons. The minimum absolute atomic E-state index is 0.0413. The van der Waals surface area contributed by atoms with E-state index in [9.17, 15) is 4.79 Å². The second kappa shape index (κ2) is 7.44. The van der Waals surface area contributed by atoms with Crippen LogP contribution in [-0.4, -0.2) is 57.3 Å². The first-order valence-corrected chi connectivity index (χ1v) is 8.22. The average Bonchev–Trinajstić information content (AvgIpc) is 3.17. The largest absolute Gasteiger partial charge is 0.324 e. The fourth-order valence-corrected chi connectivity index (χ4v) is 3.16. The predicted molar refractivity (Wildman–Crippen MR) is 92.5 cm³/mol. The van der Waals surface area contributed by atoms with E-state index in [0.717, 1.165) is 38.3 Å². The Labute approximate surface area is 142 Å². The molecule has 7 nitrogen and oxygen atoms in total. The summed E-state index contributed by atoms with van der Waals surface area (Å²) in [5.74, 6) is 0.506. The average molecular weight is 328 g/mol. The number of aryl methyl sites for hydroxylation is 1. The van der Waals surface area contributed by atoms with E-state index in [1.54, 1.807) is 23.3 Å². The summed E-state index contributed by atoms with van der Waals surface area (Å²) in [6.07, 6.45) is 8.19. The summed E-state index contributed by atoms with van der Waals surface area (Å²) in [4.78, 5) is 20.6. The van der Waals surface area contributed by atoms with E-state index in [1.807, 2.05) is 24.2 Å². The van der Waals surface area contributed by atoms with Crippen molar-refractivity contribution in [2.24, 2.45) is 13.0 Å². The van der Waals surface area contributed by atoms with E-state index >= 15 is 0 Å². The molecule has 128 valence electrons. The van der Waals surface area contributed by atoms with Gasteiger partial charge in [-0.1, -0.05) is 6.07 Å². The highest BCUT2D eigenvalue weighted by molar-refractivity contribution is 5.89. The molecule has 1 fully saturated rings. The summed E-state index contributed by atoms with van der Waals surface area (Å²) in [6.45, 7) is 3.46. The second-order valence-corrected chi connectivity index (χ2v) is 6.49. The van der Waals surface area contributed by atoms with Gasteiger partial charge in [-0.15, -0.1) is 0 Å². The Kier molecular flexibility index (Phi) is 5.10. The SMILES string of the molecule is CN(Cc1cccnc1)C[C@@H]1CCN(C(=O)Nc2cnn(C)c2)C1. The summed E-state index contributed by atoms with van der Waals surface area (Å²) in [5, 5.41) is 6.96. The Morgan fingerprint density at radius 2 is 2.33 bits per heavy atom. The van der Waals surface area contributed by atoms with Crippen molar-refractivity contribution in [3.05, 3.63) is 42.5 Å². The molecule has 0 unspecified atom stereocenters. The molecular formula is C17H24N6O. The Morgan fingerprint density at radius 1 is 1.46 bits per heavy atom. The molecule has 2 aromatic heterocycles. The number of nitrogens with zero attached hydrogens (tertiary/aromatic N) is 5. The monoisotopic (exact) mass is 328 g/mol. The van der Waals surface area contributed by atoms with Crippen LogP contribution in [0.1, 0.15) is 12.0 Å². The third-order valence-corrected chi connectivity index (χ3v) is 4.27. The lowest BCUT2D eigenvalue weighted by atomic mass is 10.1. The number of hydrogen-bond acceptors (Lipinski definition) is 4. The number of anilines is 1. The van der Waals surface area contributed by atoms with Gasteiger partial charge in [0.1, 0.15) is 0 Å². The minimum atomic E-state index is -0.0413. The first kappa shape index (κ1) is 16.4. The molecule has 24 heavy (non-hydrogen) atoms. The van der Waals surface area contributed by atoms with Crippen LogP contribution in [0.15, 0.2) is 36.9 Å². The molecule has 0 spiro atoms. The molecule has 1 saturated heterocycles. The summed E-state index contributed by atoms with van der Waals surface area (Å²) in [5.41, 5.74) is 1.95. The van der Waals surface area contributed by atoms with Crippen molar-refractivity contribution >= 4 is 11.7 Å². The molecule has 1 aliphatic heterocycles. The molecule has 1 aliphatic rings. The molecule has 3 heterocycles. The molecule has 0 aliphatic carbocycles. The van der Waals surface area contributed by atoms with Gasteiger partial charge in [0.15, 0.2) is 0 Å². The van der Waals surface area contributed by atoms with Gasteiger partial charge in [-0.25, -0.2) is 4.79 Å². The summed E-state index contributed by atoms with van der Waals surface area (Å²) in [6, 6.07) is 4.01. The molecule has 1 atom stereocenters. The molecule has 0 saturated carbocycles. The van der Waals surface area contributed by atoms with Gasteiger partial charge in [-0.3, -0.25) is 9.67 Å². The summed E-state index contributed by atoms with van der Waals surface area (Å²) >= 11 is 0. The molecule has 0 bridgehead atoms. The Hall–Kier alpha value is -2.41. The van der Waals surface area contributed by atoms with Gasteiger partial charge < -0.3 is 15.1 Å². The van der Waals surface area contributed by atoms with Crippen LogP contribution in [0.5, 0.6) is 0 Å². The number of carbonyl (C=O) groups excluding carboxylic acids is 1. The van der Waals surface area contributed by atoms with Crippen LogP contribution in [0, 0.1) is 5.92 Å². The summed E-state index contributed by atoms with van der Waals surface area (Å²) < 4.78 is 1.68. The highest BCUT2D eigenvalue weighted by atomic mass is 16.2. The molecule has 7 heteroatoms. The van der Waals surface area contributed by atoms with Crippen LogP contribution >= 0.6 is 0 Å². The van der Waals surface area contributed by atoms with Crippen molar-refractivity contribution in [2.75, 3.05) is 32.0 Å². The number of amides is 2. The molecule has 3 rings (SSSR count). The Bertz CT molecular complexity index is 671. The standard InChI is InChI=1S/C17H24N6O/c1-21(10-14-4-3-6-18-8-14)11-15-5-7-23(12-15)17(24)20-16-9-19-22(2)13-16/h3-4,6,8-9,13,15H,5,7,10-12H2,1-2H3,(H,20,24)/t15-/m0/s1. The number of rotatable bonds is 5. The third-order valence-electron chi connectivity index (χ3n) is 4.27. The molecule has 1 N–H and O–H groups in total. The molecule has 0 aromatic carbocycles. The van der Waals surface area contributed by atoms with Crippen LogP contribution in [0.2, 0.25) is 0 Å². The van der Waals surface area contributed by atoms with Gasteiger partial charge in [0, 0.05) is 51.8 Å². The number of aromatic nitrogens is 3. The maximum absolute atomic E-state index is 12.3. The maximum atomic E-state index is 12.3. The molecular weight excluding hydrogens is 304 g/mol. The zero-order valence-corrected chi connectivity index (χ0v) is 14.2. The first-order chi connectivity index (χ1) is 11.6. The number of urea groups is 1. The Morgan fingerprint density at radius 3 is 3.04 bits per heavy atom. The summed E-state index contributed by atoms with van der Waals surface area (Å²) in [7, 11) is 3.95. The number of carbonyl (C=O) groups is 1. The number of pyridine rings is 1. The molecule has 2 aromatic rings. The van der Waals surface area contributed by atoms with Crippen LogP contribution in [0.25, 0.3) is 0 Å². The normalized spacial score (nSPS) is 17.5. The molecule has 2 amide bonds. The number of hydrogen-bond donors (Lipinski definition) is 1. The van der Waals surface area contributed by atoms with E-state index in [-0.39, 0.29) is 6.03 Å². The fraction of sp³-hybridized carbons (Fsp3) is 0.471. The topological polar surface area (TPSA) is 66.3 Å². The zero-order chi connectivity index (χ0) is 16.9.